The number of carbonyl (C=O) groups is 2. The molecule has 0 aliphatic carbocycles. The van der Waals surface area contributed by atoms with E-state index in [1.165, 1.54) is 17.5 Å². The molecule has 5 nitrogen and oxygen atoms in total. The van der Waals surface area contributed by atoms with Crippen LogP contribution in [0.4, 0.5) is 19.9 Å². The van der Waals surface area contributed by atoms with Gasteiger partial charge in [0.2, 0.25) is 0 Å². The summed E-state index contributed by atoms with van der Waals surface area (Å²) >= 11 is 6.73. The molecule has 0 saturated heterocycles. The summed E-state index contributed by atoms with van der Waals surface area (Å²) in [6, 6.07) is 4.26. The summed E-state index contributed by atoms with van der Waals surface area (Å²) in [6.07, 6.45) is 0. The highest BCUT2D eigenvalue weighted by Gasteiger charge is 2.14. The highest BCUT2D eigenvalue weighted by Crippen LogP contribution is 2.24. The topological polar surface area (TPSA) is 78.4 Å². The average molecular weight is 315 g/mol. The molecule has 1 aromatic carbocycles. The van der Waals surface area contributed by atoms with Gasteiger partial charge in [-0.3, -0.25) is 5.32 Å². The van der Waals surface area contributed by atoms with Gasteiger partial charge in [-0.15, -0.1) is 11.3 Å². The van der Waals surface area contributed by atoms with E-state index in [-0.39, 0.29) is 21.3 Å². The largest absolute Gasteiger partial charge is 0.478 e. The zero-order valence-electron chi connectivity index (χ0n) is 9.81. The van der Waals surface area contributed by atoms with Crippen LogP contribution in [0.25, 0.3) is 0 Å². The normalized spacial score (nSPS) is 10.1. The maximum absolute atomic E-state index is 13.1. The third-order valence-corrected chi connectivity index (χ3v) is 3.29. The SMILES string of the molecule is O=C(Nc1cc(F)cc(Cl)c1)Nc1sccc1C(=O)O. The average Bonchev–Trinajstić information content (AvgIpc) is 2.75. The molecule has 3 N–H and O–H groups in total. The maximum Gasteiger partial charge on any atom is 0.338 e. The monoisotopic (exact) mass is 314 g/mol. The number of hydrogen-bond acceptors (Lipinski definition) is 3. The number of rotatable bonds is 3. The van der Waals surface area contributed by atoms with E-state index in [0.29, 0.717) is 0 Å². The van der Waals surface area contributed by atoms with Crippen molar-refractivity contribution in [2.24, 2.45) is 0 Å². The number of benzene rings is 1. The second-order valence-electron chi connectivity index (χ2n) is 3.71. The quantitative estimate of drug-likeness (QED) is 0.804. The molecular weight excluding hydrogens is 307 g/mol. The van der Waals surface area contributed by atoms with Crippen molar-refractivity contribution in [2.75, 3.05) is 10.6 Å². The Bertz CT molecular complexity index is 654. The van der Waals surface area contributed by atoms with Gasteiger partial charge in [0.25, 0.3) is 0 Å². The second-order valence-corrected chi connectivity index (χ2v) is 5.06. The lowest BCUT2D eigenvalue weighted by molar-refractivity contribution is 0.0698. The molecule has 0 saturated carbocycles. The van der Waals surface area contributed by atoms with Crippen molar-refractivity contribution < 1.29 is 19.1 Å². The Kier molecular flexibility index (Phi) is 4.21. The molecule has 2 amide bonds. The Labute approximate surface area is 122 Å². The number of amides is 2. The molecule has 0 spiro atoms. The molecule has 104 valence electrons. The van der Waals surface area contributed by atoms with Crippen molar-refractivity contribution >= 4 is 45.6 Å². The summed E-state index contributed by atoms with van der Waals surface area (Å²) in [5.41, 5.74) is 0.156. The van der Waals surface area contributed by atoms with Crippen molar-refractivity contribution in [1.29, 1.82) is 0 Å². The van der Waals surface area contributed by atoms with E-state index in [9.17, 15) is 14.0 Å². The molecule has 0 fully saturated rings. The van der Waals surface area contributed by atoms with Gasteiger partial charge in [-0.1, -0.05) is 11.6 Å². The molecule has 0 unspecified atom stereocenters. The fraction of sp³-hybridized carbons (Fsp3) is 0. The number of aromatic carboxylic acids is 1. The van der Waals surface area contributed by atoms with E-state index in [1.807, 2.05) is 0 Å². The minimum atomic E-state index is -1.14. The van der Waals surface area contributed by atoms with E-state index in [0.717, 1.165) is 23.5 Å². The van der Waals surface area contributed by atoms with E-state index in [1.54, 1.807) is 0 Å². The lowest BCUT2D eigenvalue weighted by Crippen LogP contribution is -2.20. The van der Waals surface area contributed by atoms with Gasteiger partial charge in [0.1, 0.15) is 10.8 Å². The summed E-state index contributed by atoms with van der Waals surface area (Å²) in [5, 5.41) is 15.5. The van der Waals surface area contributed by atoms with Crippen LogP contribution < -0.4 is 10.6 Å². The van der Waals surface area contributed by atoms with Gasteiger partial charge in [-0.2, -0.15) is 0 Å². The Morgan fingerprint density at radius 2 is 2.00 bits per heavy atom. The Morgan fingerprint density at radius 3 is 2.65 bits per heavy atom. The molecule has 0 aliphatic heterocycles. The molecule has 0 radical (unpaired) electrons. The number of anilines is 2. The number of urea groups is 1. The summed E-state index contributed by atoms with van der Waals surface area (Å²) < 4.78 is 13.1. The molecule has 20 heavy (non-hydrogen) atoms. The number of nitrogens with one attached hydrogen (secondary N) is 2. The Hall–Kier alpha value is -2.12. The molecule has 0 bridgehead atoms. The third kappa shape index (κ3) is 3.46. The van der Waals surface area contributed by atoms with Crippen LogP contribution in [0.2, 0.25) is 5.02 Å². The summed E-state index contributed by atoms with van der Waals surface area (Å²) in [7, 11) is 0. The minimum Gasteiger partial charge on any atom is -0.478 e. The lowest BCUT2D eigenvalue weighted by Gasteiger charge is -2.07. The van der Waals surface area contributed by atoms with Crippen LogP contribution in [0.15, 0.2) is 29.6 Å². The number of thiophene rings is 1. The maximum atomic E-state index is 13.1. The summed E-state index contributed by atoms with van der Waals surface area (Å²) in [6.45, 7) is 0. The van der Waals surface area contributed by atoms with Crippen LogP contribution >= 0.6 is 22.9 Å². The molecule has 2 rings (SSSR count). The first kappa shape index (κ1) is 14.3. The molecule has 0 atom stereocenters. The third-order valence-electron chi connectivity index (χ3n) is 2.24. The standard InChI is InChI=1S/C12H8ClFN2O3S/c13-6-3-7(14)5-8(4-6)15-12(19)16-10-9(11(17)18)1-2-20-10/h1-5H,(H,17,18)(H2,15,16,19). The highest BCUT2D eigenvalue weighted by atomic mass is 35.5. The van der Waals surface area contributed by atoms with Crippen molar-refractivity contribution in [3.63, 3.8) is 0 Å². The smallest absolute Gasteiger partial charge is 0.338 e. The van der Waals surface area contributed by atoms with Gasteiger partial charge in [0.05, 0.1) is 5.56 Å². The molecule has 2 aromatic rings. The minimum absolute atomic E-state index is 0.0116. The fourth-order valence-electron chi connectivity index (χ4n) is 1.47. The van der Waals surface area contributed by atoms with E-state index in [2.05, 4.69) is 10.6 Å². The number of carboxylic acid groups (broad SMARTS) is 1. The molecule has 8 heteroatoms. The van der Waals surface area contributed by atoms with Gasteiger partial charge in [0, 0.05) is 10.7 Å². The van der Waals surface area contributed by atoms with Gasteiger partial charge >= 0.3 is 12.0 Å². The van der Waals surface area contributed by atoms with Crippen molar-refractivity contribution in [2.45, 2.75) is 0 Å². The van der Waals surface area contributed by atoms with E-state index >= 15 is 0 Å². The first-order valence-corrected chi connectivity index (χ1v) is 6.56. The first-order valence-electron chi connectivity index (χ1n) is 5.30. The number of halogens is 2. The van der Waals surface area contributed by atoms with Crippen LogP contribution in [-0.2, 0) is 0 Å². The van der Waals surface area contributed by atoms with E-state index < -0.39 is 17.8 Å². The van der Waals surface area contributed by atoms with Gasteiger partial charge in [0.15, 0.2) is 0 Å². The zero-order valence-corrected chi connectivity index (χ0v) is 11.4. The number of carbonyl (C=O) groups excluding carboxylic acids is 1. The van der Waals surface area contributed by atoms with Gasteiger partial charge in [-0.05, 0) is 29.6 Å². The van der Waals surface area contributed by atoms with Gasteiger partial charge < -0.3 is 10.4 Å². The van der Waals surface area contributed by atoms with Crippen molar-refractivity contribution in [3.8, 4) is 0 Å². The Balaban J connectivity index is 2.09. The van der Waals surface area contributed by atoms with Crippen LogP contribution in [-0.4, -0.2) is 17.1 Å². The molecule has 1 aromatic heterocycles. The molecular formula is C12H8ClFN2O3S. The number of hydrogen-bond donors (Lipinski definition) is 3. The summed E-state index contributed by atoms with van der Waals surface area (Å²) in [5.74, 6) is -1.73. The predicted octanol–water partition coefficient (Wildman–Crippen LogP) is 3.88. The van der Waals surface area contributed by atoms with Crippen LogP contribution in [0, 0.1) is 5.82 Å². The van der Waals surface area contributed by atoms with Crippen LogP contribution in [0.1, 0.15) is 10.4 Å². The zero-order chi connectivity index (χ0) is 14.7. The Morgan fingerprint density at radius 1 is 1.25 bits per heavy atom. The van der Waals surface area contributed by atoms with Crippen molar-refractivity contribution in [1.82, 2.24) is 0 Å². The van der Waals surface area contributed by atoms with Crippen LogP contribution in [0.3, 0.4) is 0 Å². The molecule has 0 aliphatic rings. The predicted molar refractivity (Wildman–Crippen MR) is 75.3 cm³/mol. The lowest BCUT2D eigenvalue weighted by atomic mass is 10.3. The summed E-state index contributed by atoms with van der Waals surface area (Å²) in [4.78, 5) is 22.6. The van der Waals surface area contributed by atoms with E-state index in [4.69, 9.17) is 16.7 Å². The highest BCUT2D eigenvalue weighted by molar-refractivity contribution is 7.14. The van der Waals surface area contributed by atoms with Crippen LogP contribution in [0.5, 0.6) is 0 Å². The van der Waals surface area contributed by atoms with Gasteiger partial charge in [-0.25, -0.2) is 14.0 Å². The van der Waals surface area contributed by atoms with Crippen molar-refractivity contribution in [3.05, 3.63) is 46.0 Å². The molecule has 1 heterocycles. The number of carboxylic acids is 1. The first-order chi connectivity index (χ1) is 9.45. The fourth-order valence-corrected chi connectivity index (χ4v) is 2.46. The second kappa shape index (κ2) is 5.89.